The molecule has 0 aliphatic heterocycles. The number of hydrogen-bond acceptors (Lipinski definition) is 0. The molecule has 2 aliphatic carbocycles. The highest BCUT2D eigenvalue weighted by Crippen LogP contribution is 2.54. The monoisotopic (exact) mass is 150 g/mol. The Morgan fingerprint density at radius 1 is 1.27 bits per heavy atom. The Morgan fingerprint density at radius 2 is 2.00 bits per heavy atom. The minimum atomic E-state index is 0.958. The molecule has 0 N–H and O–H groups in total. The van der Waals surface area contributed by atoms with E-state index in [0.717, 1.165) is 23.7 Å². The fourth-order valence-electron chi connectivity index (χ4n) is 3.10. The van der Waals surface area contributed by atoms with E-state index in [4.69, 9.17) is 0 Å². The van der Waals surface area contributed by atoms with Crippen LogP contribution in [0.3, 0.4) is 0 Å². The van der Waals surface area contributed by atoms with Gasteiger partial charge in [-0.05, 0) is 43.4 Å². The van der Waals surface area contributed by atoms with Gasteiger partial charge in [-0.2, -0.15) is 0 Å². The summed E-state index contributed by atoms with van der Waals surface area (Å²) < 4.78 is 0. The summed E-state index contributed by atoms with van der Waals surface area (Å²) >= 11 is 0. The lowest BCUT2D eigenvalue weighted by atomic mass is 9.79. The van der Waals surface area contributed by atoms with Crippen LogP contribution in [0.1, 0.15) is 33.6 Å². The predicted octanol–water partition coefficient (Wildman–Crippen LogP) is 3.24. The molecule has 2 aliphatic rings. The van der Waals surface area contributed by atoms with Crippen molar-refractivity contribution in [1.29, 1.82) is 0 Å². The Hall–Kier alpha value is -0.260. The smallest absolute Gasteiger partial charge is 0.0172 e. The standard InChI is InChI=1S/C11H18/c1-4-9-5-10-6-11(9)8(3)7(10)2/h4,7-8,10-11H,5-6H2,1-3H3/b9-4+. The zero-order valence-electron chi connectivity index (χ0n) is 7.80. The first-order valence-corrected chi connectivity index (χ1v) is 4.89. The molecule has 2 fully saturated rings. The molecule has 0 heteroatoms. The first kappa shape index (κ1) is 7.39. The third kappa shape index (κ3) is 0.881. The predicted molar refractivity (Wildman–Crippen MR) is 48.3 cm³/mol. The molecular weight excluding hydrogens is 132 g/mol. The molecule has 0 radical (unpaired) electrons. The van der Waals surface area contributed by atoms with Gasteiger partial charge in [-0.1, -0.05) is 25.5 Å². The van der Waals surface area contributed by atoms with Gasteiger partial charge in [0.25, 0.3) is 0 Å². The van der Waals surface area contributed by atoms with Gasteiger partial charge in [0.1, 0.15) is 0 Å². The molecule has 0 spiro atoms. The van der Waals surface area contributed by atoms with E-state index in [1.807, 2.05) is 0 Å². The first-order valence-electron chi connectivity index (χ1n) is 4.89. The van der Waals surface area contributed by atoms with Crippen LogP contribution in [-0.4, -0.2) is 0 Å². The molecule has 62 valence electrons. The van der Waals surface area contributed by atoms with Crippen molar-refractivity contribution in [3.8, 4) is 0 Å². The van der Waals surface area contributed by atoms with Crippen molar-refractivity contribution in [1.82, 2.24) is 0 Å². The van der Waals surface area contributed by atoms with Crippen LogP contribution in [0.2, 0.25) is 0 Å². The summed E-state index contributed by atoms with van der Waals surface area (Å²) in [5, 5.41) is 0. The third-order valence-electron chi connectivity index (χ3n) is 4.11. The maximum atomic E-state index is 2.43. The van der Waals surface area contributed by atoms with E-state index in [9.17, 15) is 0 Å². The van der Waals surface area contributed by atoms with Crippen molar-refractivity contribution in [3.05, 3.63) is 11.6 Å². The van der Waals surface area contributed by atoms with Crippen LogP contribution < -0.4 is 0 Å². The van der Waals surface area contributed by atoms with Crippen molar-refractivity contribution >= 4 is 0 Å². The molecule has 4 atom stereocenters. The summed E-state index contributed by atoms with van der Waals surface area (Å²) in [7, 11) is 0. The zero-order chi connectivity index (χ0) is 8.01. The second-order valence-corrected chi connectivity index (χ2v) is 4.39. The number of fused-ring (bicyclic) bond motifs is 2. The highest BCUT2D eigenvalue weighted by Gasteiger charge is 2.45. The lowest BCUT2D eigenvalue weighted by molar-refractivity contribution is 0.305. The molecule has 2 rings (SSSR count). The number of hydrogen-bond donors (Lipinski definition) is 0. The van der Waals surface area contributed by atoms with Gasteiger partial charge in [0.15, 0.2) is 0 Å². The summed E-state index contributed by atoms with van der Waals surface area (Å²) in [6, 6.07) is 0. The summed E-state index contributed by atoms with van der Waals surface area (Å²) in [5.41, 5.74) is 1.75. The van der Waals surface area contributed by atoms with Crippen molar-refractivity contribution in [2.75, 3.05) is 0 Å². The molecule has 11 heavy (non-hydrogen) atoms. The normalized spacial score (nSPS) is 52.5. The lowest BCUT2D eigenvalue weighted by Gasteiger charge is -2.26. The van der Waals surface area contributed by atoms with E-state index in [0.29, 0.717) is 0 Å². The van der Waals surface area contributed by atoms with Crippen LogP contribution in [0.15, 0.2) is 11.6 Å². The minimum absolute atomic E-state index is 0.958. The molecule has 4 unspecified atom stereocenters. The number of rotatable bonds is 0. The SMILES string of the molecule is C/C=C1\CC2CC1C(C)C2C. The van der Waals surface area contributed by atoms with Gasteiger partial charge in [0, 0.05) is 0 Å². The summed E-state index contributed by atoms with van der Waals surface area (Å²) in [4.78, 5) is 0. The average Bonchev–Trinajstić information content (AvgIpc) is 2.53. The Morgan fingerprint density at radius 3 is 2.45 bits per heavy atom. The maximum absolute atomic E-state index is 2.43. The second-order valence-electron chi connectivity index (χ2n) is 4.39. The topological polar surface area (TPSA) is 0 Å². The van der Waals surface area contributed by atoms with Crippen LogP contribution >= 0.6 is 0 Å². The lowest BCUT2D eigenvalue weighted by Crippen LogP contribution is -2.18. The van der Waals surface area contributed by atoms with Gasteiger partial charge in [-0.25, -0.2) is 0 Å². The van der Waals surface area contributed by atoms with Gasteiger partial charge in [-0.15, -0.1) is 0 Å². The van der Waals surface area contributed by atoms with E-state index in [-0.39, 0.29) is 0 Å². The number of allylic oxidation sites excluding steroid dienone is 2. The molecule has 0 heterocycles. The molecule has 0 amide bonds. The van der Waals surface area contributed by atoms with E-state index < -0.39 is 0 Å². The first-order chi connectivity index (χ1) is 5.24. The van der Waals surface area contributed by atoms with Crippen LogP contribution in [0.5, 0.6) is 0 Å². The molecule has 0 aromatic carbocycles. The van der Waals surface area contributed by atoms with Crippen LogP contribution in [0, 0.1) is 23.7 Å². The van der Waals surface area contributed by atoms with E-state index >= 15 is 0 Å². The molecule has 0 saturated heterocycles. The molecule has 0 aromatic heterocycles. The van der Waals surface area contributed by atoms with E-state index in [2.05, 4.69) is 26.8 Å². The van der Waals surface area contributed by atoms with Gasteiger partial charge in [0.2, 0.25) is 0 Å². The Labute approximate surface area is 69.7 Å². The molecule has 2 saturated carbocycles. The van der Waals surface area contributed by atoms with Crippen LogP contribution in [0.25, 0.3) is 0 Å². The van der Waals surface area contributed by atoms with E-state index in [1.54, 1.807) is 5.57 Å². The summed E-state index contributed by atoms with van der Waals surface area (Å²) in [6.45, 7) is 7.06. The van der Waals surface area contributed by atoms with Crippen molar-refractivity contribution in [2.24, 2.45) is 23.7 Å². The quantitative estimate of drug-likeness (QED) is 0.465. The van der Waals surface area contributed by atoms with Crippen molar-refractivity contribution < 1.29 is 0 Å². The molecular formula is C11H18. The maximum Gasteiger partial charge on any atom is -0.0172 e. The average molecular weight is 150 g/mol. The fourth-order valence-corrected chi connectivity index (χ4v) is 3.10. The molecule has 2 bridgehead atoms. The second kappa shape index (κ2) is 2.36. The highest BCUT2D eigenvalue weighted by molar-refractivity contribution is 5.18. The van der Waals surface area contributed by atoms with Gasteiger partial charge in [-0.3, -0.25) is 0 Å². The highest BCUT2D eigenvalue weighted by atomic mass is 14.5. The third-order valence-corrected chi connectivity index (χ3v) is 4.11. The minimum Gasteiger partial charge on any atom is -0.0882 e. The van der Waals surface area contributed by atoms with Gasteiger partial charge >= 0.3 is 0 Å². The molecule has 0 aromatic rings. The van der Waals surface area contributed by atoms with Crippen molar-refractivity contribution in [3.63, 3.8) is 0 Å². The zero-order valence-corrected chi connectivity index (χ0v) is 7.80. The Kier molecular flexibility index (Phi) is 1.59. The van der Waals surface area contributed by atoms with Gasteiger partial charge in [0.05, 0.1) is 0 Å². The largest absolute Gasteiger partial charge is 0.0882 e. The van der Waals surface area contributed by atoms with Crippen LogP contribution in [0.4, 0.5) is 0 Å². The Bertz CT molecular complexity index is 188. The van der Waals surface area contributed by atoms with E-state index in [1.165, 1.54) is 12.8 Å². The van der Waals surface area contributed by atoms with Gasteiger partial charge < -0.3 is 0 Å². The van der Waals surface area contributed by atoms with Crippen LogP contribution in [-0.2, 0) is 0 Å². The molecule has 0 nitrogen and oxygen atoms in total. The fraction of sp³-hybridized carbons (Fsp3) is 0.818. The van der Waals surface area contributed by atoms with Crippen molar-refractivity contribution in [2.45, 2.75) is 33.6 Å². The Balaban J connectivity index is 2.22. The summed E-state index contributed by atoms with van der Waals surface area (Å²) in [5.74, 6) is 3.94. The summed E-state index contributed by atoms with van der Waals surface area (Å²) in [6.07, 6.45) is 5.25.